The quantitative estimate of drug-likeness (QED) is 0.889. The monoisotopic (exact) mass is 281 g/mol. The number of nitrogens with zero attached hydrogens (tertiary/aromatic N) is 1. The summed E-state index contributed by atoms with van der Waals surface area (Å²) in [5.41, 5.74) is 7.13. The molecular formula is C13H13Cl2N3. The van der Waals surface area contributed by atoms with Crippen LogP contribution in [0.5, 0.6) is 0 Å². The van der Waals surface area contributed by atoms with Gasteiger partial charge in [-0.1, -0.05) is 41.4 Å². The molecule has 2 rings (SSSR count). The largest absolute Gasteiger partial charge is 0.397 e. The Morgan fingerprint density at radius 2 is 1.94 bits per heavy atom. The second-order valence-electron chi connectivity index (χ2n) is 3.99. The molecule has 1 aromatic heterocycles. The summed E-state index contributed by atoms with van der Waals surface area (Å²) in [6, 6.07) is 9.33. The average Bonchev–Trinajstić information content (AvgIpc) is 2.33. The molecule has 0 aliphatic carbocycles. The lowest BCUT2D eigenvalue weighted by atomic mass is 10.1. The number of rotatable bonds is 3. The van der Waals surface area contributed by atoms with Crippen molar-refractivity contribution in [2.24, 2.45) is 0 Å². The number of halogens is 2. The van der Waals surface area contributed by atoms with Gasteiger partial charge in [0.15, 0.2) is 0 Å². The summed E-state index contributed by atoms with van der Waals surface area (Å²) < 4.78 is 0. The van der Waals surface area contributed by atoms with E-state index >= 15 is 0 Å². The van der Waals surface area contributed by atoms with Gasteiger partial charge in [0.2, 0.25) is 0 Å². The predicted molar refractivity (Wildman–Crippen MR) is 77.1 cm³/mol. The van der Waals surface area contributed by atoms with E-state index in [1.807, 2.05) is 31.2 Å². The van der Waals surface area contributed by atoms with Crippen LogP contribution in [-0.4, -0.2) is 4.98 Å². The molecule has 2 aromatic rings. The number of nitrogens with two attached hydrogens (primary N) is 1. The smallest absolute Gasteiger partial charge is 0.145 e. The summed E-state index contributed by atoms with van der Waals surface area (Å²) in [5, 5.41) is 4.42. The molecule has 3 N–H and O–H groups in total. The summed E-state index contributed by atoms with van der Waals surface area (Å²) in [4.78, 5) is 4.16. The van der Waals surface area contributed by atoms with Crippen molar-refractivity contribution in [3.8, 4) is 0 Å². The number of anilines is 2. The van der Waals surface area contributed by atoms with Gasteiger partial charge in [0.05, 0.1) is 22.9 Å². The Labute approximate surface area is 116 Å². The Kier molecular flexibility index (Phi) is 3.94. The van der Waals surface area contributed by atoms with E-state index in [0.29, 0.717) is 21.6 Å². The highest BCUT2D eigenvalue weighted by Crippen LogP contribution is 2.28. The molecule has 3 nitrogen and oxygen atoms in total. The molecule has 0 radical (unpaired) electrons. The fraction of sp³-hybridized carbons (Fsp3) is 0.154. The van der Waals surface area contributed by atoms with Crippen molar-refractivity contribution in [3.05, 3.63) is 52.1 Å². The molecule has 0 saturated carbocycles. The van der Waals surface area contributed by atoms with Crippen LogP contribution in [0.3, 0.4) is 0 Å². The first-order valence-electron chi connectivity index (χ1n) is 5.50. The summed E-state index contributed by atoms with van der Waals surface area (Å²) in [6.45, 7) is 2.00. The Morgan fingerprint density at radius 1 is 1.22 bits per heavy atom. The number of aromatic nitrogens is 1. The summed E-state index contributed by atoms with van der Waals surface area (Å²) >= 11 is 12.2. The molecule has 1 unspecified atom stereocenters. The Balaban J connectivity index is 2.21. The van der Waals surface area contributed by atoms with Crippen molar-refractivity contribution in [2.75, 3.05) is 11.1 Å². The molecular weight excluding hydrogens is 269 g/mol. The second-order valence-corrected chi connectivity index (χ2v) is 4.80. The van der Waals surface area contributed by atoms with E-state index in [4.69, 9.17) is 28.9 Å². The highest BCUT2D eigenvalue weighted by molar-refractivity contribution is 6.33. The van der Waals surface area contributed by atoms with Crippen molar-refractivity contribution in [1.82, 2.24) is 4.98 Å². The predicted octanol–water partition coefficient (Wildman–Crippen LogP) is 4.14. The maximum atomic E-state index is 6.14. The van der Waals surface area contributed by atoms with E-state index in [2.05, 4.69) is 10.3 Å². The number of pyridine rings is 1. The van der Waals surface area contributed by atoms with Crippen LogP contribution >= 0.6 is 23.2 Å². The summed E-state index contributed by atoms with van der Waals surface area (Å²) in [5.74, 6) is 0.596. The van der Waals surface area contributed by atoms with Crippen LogP contribution in [0, 0.1) is 0 Å². The van der Waals surface area contributed by atoms with Gasteiger partial charge in [0.1, 0.15) is 5.82 Å². The first-order chi connectivity index (χ1) is 8.58. The first-order valence-corrected chi connectivity index (χ1v) is 6.25. The molecule has 0 saturated heterocycles. The normalized spacial score (nSPS) is 12.2. The average molecular weight is 282 g/mol. The third-order valence-corrected chi connectivity index (χ3v) is 3.22. The lowest BCUT2D eigenvalue weighted by molar-refractivity contribution is 0.875. The van der Waals surface area contributed by atoms with Crippen molar-refractivity contribution in [3.63, 3.8) is 0 Å². The van der Waals surface area contributed by atoms with Crippen LogP contribution < -0.4 is 11.1 Å². The first kappa shape index (κ1) is 13.0. The van der Waals surface area contributed by atoms with Gasteiger partial charge < -0.3 is 11.1 Å². The molecule has 94 valence electrons. The lowest BCUT2D eigenvalue weighted by Crippen LogP contribution is -2.09. The maximum Gasteiger partial charge on any atom is 0.145 e. The molecule has 5 heteroatoms. The van der Waals surface area contributed by atoms with E-state index in [0.717, 1.165) is 5.56 Å². The fourth-order valence-electron chi connectivity index (χ4n) is 1.67. The van der Waals surface area contributed by atoms with Crippen molar-refractivity contribution < 1.29 is 0 Å². The third-order valence-electron chi connectivity index (χ3n) is 2.59. The molecule has 0 aliphatic rings. The minimum atomic E-state index is 0.00678. The Morgan fingerprint density at radius 3 is 2.61 bits per heavy atom. The highest BCUT2D eigenvalue weighted by Gasteiger charge is 2.11. The Bertz CT molecular complexity index is 558. The molecule has 0 spiro atoms. The van der Waals surface area contributed by atoms with Crippen LogP contribution in [0.1, 0.15) is 18.5 Å². The minimum absolute atomic E-state index is 0.00678. The number of benzene rings is 1. The number of hydrogen-bond donors (Lipinski definition) is 2. The van der Waals surface area contributed by atoms with E-state index in [1.165, 1.54) is 0 Å². The molecule has 18 heavy (non-hydrogen) atoms. The standard InChI is InChI=1S/C13H13Cl2N3/c1-8(10-4-2-3-5-11(10)14)18-13-12(15)6-9(16)7-17-13/h2-8H,16H2,1H3,(H,17,18). The highest BCUT2D eigenvalue weighted by atomic mass is 35.5. The molecule has 0 aliphatic heterocycles. The summed E-state index contributed by atoms with van der Waals surface area (Å²) in [6.07, 6.45) is 1.56. The van der Waals surface area contributed by atoms with E-state index < -0.39 is 0 Å². The van der Waals surface area contributed by atoms with Gasteiger partial charge in [-0.05, 0) is 24.6 Å². The lowest BCUT2D eigenvalue weighted by Gasteiger charge is -2.17. The van der Waals surface area contributed by atoms with Crippen molar-refractivity contribution in [1.29, 1.82) is 0 Å². The van der Waals surface area contributed by atoms with Crippen LogP contribution in [0.2, 0.25) is 10.0 Å². The van der Waals surface area contributed by atoms with Gasteiger partial charge in [0, 0.05) is 5.02 Å². The third kappa shape index (κ3) is 2.86. The van der Waals surface area contributed by atoms with Gasteiger partial charge in [-0.3, -0.25) is 0 Å². The number of nitrogens with one attached hydrogen (secondary N) is 1. The van der Waals surface area contributed by atoms with Gasteiger partial charge in [-0.15, -0.1) is 0 Å². The maximum absolute atomic E-state index is 6.14. The molecule has 1 aromatic carbocycles. The van der Waals surface area contributed by atoms with Gasteiger partial charge in [-0.25, -0.2) is 4.98 Å². The van der Waals surface area contributed by atoms with Crippen molar-refractivity contribution >= 4 is 34.7 Å². The SMILES string of the molecule is CC(Nc1ncc(N)cc1Cl)c1ccccc1Cl. The van der Waals surface area contributed by atoms with Gasteiger partial charge in [-0.2, -0.15) is 0 Å². The second kappa shape index (κ2) is 5.46. The molecule has 1 atom stereocenters. The van der Waals surface area contributed by atoms with Gasteiger partial charge >= 0.3 is 0 Å². The van der Waals surface area contributed by atoms with Crippen LogP contribution in [0.4, 0.5) is 11.5 Å². The zero-order valence-corrected chi connectivity index (χ0v) is 11.3. The van der Waals surface area contributed by atoms with Crippen LogP contribution in [0.25, 0.3) is 0 Å². The topological polar surface area (TPSA) is 50.9 Å². The molecule has 1 heterocycles. The zero-order chi connectivity index (χ0) is 13.1. The van der Waals surface area contributed by atoms with Crippen molar-refractivity contribution in [2.45, 2.75) is 13.0 Å². The number of hydrogen-bond acceptors (Lipinski definition) is 3. The van der Waals surface area contributed by atoms with E-state index in [1.54, 1.807) is 12.3 Å². The van der Waals surface area contributed by atoms with Crippen LogP contribution in [0.15, 0.2) is 36.5 Å². The molecule has 0 fully saturated rings. The minimum Gasteiger partial charge on any atom is -0.397 e. The Hall–Kier alpha value is -1.45. The van der Waals surface area contributed by atoms with Crippen LogP contribution in [-0.2, 0) is 0 Å². The molecule has 0 amide bonds. The fourth-order valence-corrected chi connectivity index (χ4v) is 2.20. The van der Waals surface area contributed by atoms with E-state index in [9.17, 15) is 0 Å². The zero-order valence-electron chi connectivity index (χ0n) is 9.82. The van der Waals surface area contributed by atoms with E-state index in [-0.39, 0.29) is 6.04 Å². The molecule has 0 bridgehead atoms. The number of nitrogen functional groups attached to an aromatic ring is 1. The van der Waals surface area contributed by atoms with Gasteiger partial charge in [0.25, 0.3) is 0 Å². The summed E-state index contributed by atoms with van der Waals surface area (Å²) in [7, 11) is 0.